The van der Waals surface area contributed by atoms with Crippen LogP contribution in [0.15, 0.2) is 64.2 Å². The Bertz CT molecular complexity index is 1260. The highest BCUT2D eigenvalue weighted by atomic mass is 32.2. The number of fused-ring (bicyclic) bond motifs is 1. The molecule has 1 amide bonds. The van der Waals surface area contributed by atoms with Gasteiger partial charge >= 0.3 is 5.97 Å². The summed E-state index contributed by atoms with van der Waals surface area (Å²) in [6.07, 6.45) is -1.07. The van der Waals surface area contributed by atoms with Gasteiger partial charge in [-0.2, -0.15) is 0 Å². The van der Waals surface area contributed by atoms with Gasteiger partial charge in [0.1, 0.15) is 17.4 Å². The van der Waals surface area contributed by atoms with E-state index in [-0.39, 0.29) is 9.77 Å². The van der Waals surface area contributed by atoms with Gasteiger partial charge < -0.3 is 19.5 Å². The summed E-state index contributed by atoms with van der Waals surface area (Å²) in [5.74, 6) is -0.105. The lowest BCUT2D eigenvalue weighted by Gasteiger charge is -2.19. The average molecular weight is 489 g/mol. The van der Waals surface area contributed by atoms with Crippen LogP contribution in [0, 0.1) is 0 Å². The number of sulfonamides is 1. The Morgan fingerprint density at radius 2 is 1.70 bits per heavy atom. The first-order chi connectivity index (χ1) is 15.8. The molecule has 2 aromatic carbocycles. The number of carbonyl (C=O) groups is 2. The molecule has 11 heteroatoms. The Kier molecular flexibility index (Phi) is 6.52. The molecule has 3 aromatic rings. The Morgan fingerprint density at radius 3 is 2.39 bits per heavy atom. The normalized spacial score (nSPS) is 13.6. The molecule has 4 rings (SSSR count). The molecule has 1 aromatic heterocycles. The van der Waals surface area contributed by atoms with Gasteiger partial charge in [-0.1, -0.05) is 6.07 Å². The zero-order valence-electron chi connectivity index (χ0n) is 17.4. The number of hydrogen-bond acceptors (Lipinski definition) is 8. The van der Waals surface area contributed by atoms with Crippen molar-refractivity contribution in [2.75, 3.05) is 23.3 Å². The molecule has 0 fully saturated rings. The van der Waals surface area contributed by atoms with Gasteiger partial charge in [0.25, 0.3) is 15.9 Å². The van der Waals surface area contributed by atoms with E-state index in [0.717, 1.165) is 11.3 Å². The molecule has 172 valence electrons. The SMILES string of the molecule is C[C@H](OC(=O)c1ccc(NS(=O)(=O)c2cccs2)cc1)C(=O)Nc1ccc2c(c1)OCCO2. The molecular formula is C22H20N2O7S2. The third-order valence-electron chi connectivity index (χ3n) is 4.60. The van der Waals surface area contributed by atoms with E-state index >= 15 is 0 Å². The zero-order valence-corrected chi connectivity index (χ0v) is 19.1. The molecule has 2 heterocycles. The second-order valence-corrected chi connectivity index (χ2v) is 9.87. The summed E-state index contributed by atoms with van der Waals surface area (Å²) >= 11 is 1.10. The molecule has 0 radical (unpaired) electrons. The van der Waals surface area contributed by atoms with Gasteiger partial charge in [0, 0.05) is 17.4 Å². The van der Waals surface area contributed by atoms with Crippen molar-refractivity contribution in [2.24, 2.45) is 0 Å². The minimum absolute atomic E-state index is 0.174. The van der Waals surface area contributed by atoms with Crippen LogP contribution in [0.3, 0.4) is 0 Å². The van der Waals surface area contributed by atoms with Gasteiger partial charge in [-0.3, -0.25) is 9.52 Å². The number of esters is 1. The lowest BCUT2D eigenvalue weighted by molar-refractivity contribution is -0.123. The number of amides is 1. The number of rotatable bonds is 7. The van der Waals surface area contributed by atoms with Crippen molar-refractivity contribution in [3.8, 4) is 11.5 Å². The number of hydrogen-bond donors (Lipinski definition) is 2. The van der Waals surface area contributed by atoms with Gasteiger partial charge in [-0.05, 0) is 54.8 Å². The highest BCUT2D eigenvalue weighted by Gasteiger charge is 2.21. The van der Waals surface area contributed by atoms with Gasteiger partial charge in [0.15, 0.2) is 17.6 Å². The van der Waals surface area contributed by atoms with E-state index in [9.17, 15) is 18.0 Å². The van der Waals surface area contributed by atoms with Crippen LogP contribution in [0.5, 0.6) is 11.5 Å². The molecule has 0 aliphatic carbocycles. The van der Waals surface area contributed by atoms with E-state index in [4.69, 9.17) is 14.2 Å². The molecule has 1 aliphatic rings. The average Bonchev–Trinajstić information content (AvgIpc) is 3.35. The molecule has 0 spiro atoms. The van der Waals surface area contributed by atoms with Crippen molar-refractivity contribution in [2.45, 2.75) is 17.2 Å². The van der Waals surface area contributed by atoms with Gasteiger partial charge in [-0.15, -0.1) is 11.3 Å². The minimum Gasteiger partial charge on any atom is -0.486 e. The molecule has 33 heavy (non-hydrogen) atoms. The predicted octanol–water partition coefficient (Wildman–Crippen LogP) is 3.50. The number of nitrogens with one attached hydrogen (secondary N) is 2. The van der Waals surface area contributed by atoms with Gasteiger partial charge in [0.05, 0.1) is 5.56 Å². The predicted molar refractivity (Wildman–Crippen MR) is 123 cm³/mol. The maximum atomic E-state index is 12.4. The van der Waals surface area contributed by atoms with E-state index in [0.29, 0.717) is 36.1 Å². The first-order valence-electron chi connectivity index (χ1n) is 9.90. The molecular weight excluding hydrogens is 468 g/mol. The fourth-order valence-corrected chi connectivity index (χ4v) is 4.99. The van der Waals surface area contributed by atoms with Crippen LogP contribution in [-0.4, -0.2) is 39.6 Å². The smallest absolute Gasteiger partial charge is 0.338 e. The number of thiophene rings is 1. The largest absolute Gasteiger partial charge is 0.486 e. The van der Waals surface area contributed by atoms with Gasteiger partial charge in [0.2, 0.25) is 0 Å². The monoisotopic (exact) mass is 488 g/mol. The van der Waals surface area contributed by atoms with E-state index in [1.165, 1.54) is 37.3 Å². The quantitative estimate of drug-likeness (QED) is 0.489. The summed E-state index contributed by atoms with van der Waals surface area (Å²) in [4.78, 5) is 24.8. The molecule has 0 unspecified atom stereocenters. The first-order valence-corrected chi connectivity index (χ1v) is 12.3. The van der Waals surface area contributed by atoms with Crippen LogP contribution < -0.4 is 19.5 Å². The zero-order chi connectivity index (χ0) is 23.4. The summed E-state index contributed by atoms with van der Waals surface area (Å²) < 4.78 is 43.4. The molecule has 0 bridgehead atoms. The minimum atomic E-state index is -3.69. The molecule has 0 saturated carbocycles. The fraction of sp³-hybridized carbons (Fsp3) is 0.182. The van der Waals surface area contributed by atoms with Gasteiger partial charge in [-0.25, -0.2) is 13.2 Å². The fourth-order valence-electron chi connectivity index (χ4n) is 2.94. The maximum Gasteiger partial charge on any atom is 0.338 e. The Balaban J connectivity index is 1.34. The Morgan fingerprint density at radius 1 is 1.00 bits per heavy atom. The molecule has 0 saturated heterocycles. The summed E-state index contributed by atoms with van der Waals surface area (Å²) in [7, 11) is -3.69. The van der Waals surface area contributed by atoms with Crippen LogP contribution in [0.25, 0.3) is 0 Å². The Hall–Kier alpha value is -3.57. The molecule has 1 atom stereocenters. The van der Waals surface area contributed by atoms with Crippen LogP contribution in [0.1, 0.15) is 17.3 Å². The third-order valence-corrected chi connectivity index (χ3v) is 7.37. The van der Waals surface area contributed by atoms with Crippen molar-refractivity contribution in [3.05, 3.63) is 65.5 Å². The third kappa shape index (κ3) is 5.44. The number of anilines is 2. The lowest BCUT2D eigenvalue weighted by Crippen LogP contribution is -2.30. The van der Waals surface area contributed by atoms with Crippen LogP contribution >= 0.6 is 11.3 Å². The van der Waals surface area contributed by atoms with E-state index in [1.807, 2.05) is 0 Å². The highest BCUT2D eigenvalue weighted by molar-refractivity contribution is 7.94. The topological polar surface area (TPSA) is 120 Å². The number of benzene rings is 2. The summed E-state index contributed by atoms with van der Waals surface area (Å²) in [5.41, 5.74) is 0.951. The standard InChI is InChI=1S/C22H20N2O7S2/c1-14(21(25)23-17-8-9-18-19(13-17)30-11-10-29-18)31-22(26)15-4-6-16(7-5-15)24-33(27,28)20-3-2-12-32-20/h2-9,12-14,24H,10-11H2,1H3,(H,23,25)/t14-/m0/s1. The van der Waals surface area contributed by atoms with E-state index in [1.54, 1.807) is 29.6 Å². The van der Waals surface area contributed by atoms with Crippen LogP contribution in [0.2, 0.25) is 0 Å². The van der Waals surface area contributed by atoms with Crippen molar-refractivity contribution < 1.29 is 32.2 Å². The second-order valence-electron chi connectivity index (χ2n) is 7.01. The van der Waals surface area contributed by atoms with E-state index < -0.39 is 28.0 Å². The summed E-state index contributed by atoms with van der Waals surface area (Å²) in [5, 5.41) is 4.33. The Labute approximate surface area is 194 Å². The van der Waals surface area contributed by atoms with Crippen LogP contribution in [0.4, 0.5) is 11.4 Å². The summed E-state index contributed by atoms with van der Waals surface area (Å²) in [6, 6.07) is 13.9. The van der Waals surface area contributed by atoms with Crippen molar-refractivity contribution in [3.63, 3.8) is 0 Å². The van der Waals surface area contributed by atoms with Crippen molar-refractivity contribution >= 4 is 44.6 Å². The second kappa shape index (κ2) is 9.51. The van der Waals surface area contributed by atoms with Crippen molar-refractivity contribution in [1.82, 2.24) is 0 Å². The maximum absolute atomic E-state index is 12.4. The lowest BCUT2D eigenvalue weighted by atomic mass is 10.2. The summed E-state index contributed by atoms with van der Waals surface area (Å²) in [6.45, 7) is 2.34. The highest BCUT2D eigenvalue weighted by Crippen LogP contribution is 2.32. The molecule has 9 nitrogen and oxygen atoms in total. The van der Waals surface area contributed by atoms with E-state index in [2.05, 4.69) is 10.0 Å². The van der Waals surface area contributed by atoms with Crippen LogP contribution in [-0.2, 0) is 19.6 Å². The first kappa shape index (κ1) is 22.6. The number of carbonyl (C=O) groups excluding carboxylic acids is 2. The number of ether oxygens (including phenoxy) is 3. The molecule has 2 N–H and O–H groups in total. The molecule has 1 aliphatic heterocycles. The van der Waals surface area contributed by atoms with Crippen molar-refractivity contribution in [1.29, 1.82) is 0 Å².